The van der Waals surface area contributed by atoms with Crippen molar-refractivity contribution in [3.8, 4) is 5.75 Å². The van der Waals surface area contributed by atoms with Crippen LogP contribution in [-0.4, -0.2) is 77.7 Å². The van der Waals surface area contributed by atoms with Crippen molar-refractivity contribution in [2.75, 3.05) is 32.2 Å². The predicted molar refractivity (Wildman–Crippen MR) is 134 cm³/mol. The van der Waals surface area contributed by atoms with Crippen LogP contribution in [0.3, 0.4) is 0 Å². The second kappa shape index (κ2) is 14.2. The number of hydrogen-bond acceptors (Lipinski definition) is 8. The van der Waals surface area contributed by atoms with Gasteiger partial charge in [-0.2, -0.15) is 11.8 Å². The number of phenols is 1. The van der Waals surface area contributed by atoms with Gasteiger partial charge < -0.3 is 30.1 Å². The number of esters is 1. The van der Waals surface area contributed by atoms with E-state index < -0.39 is 48.1 Å². The molecule has 0 aliphatic carbocycles. The molecule has 2 unspecified atom stereocenters. The Kier molecular flexibility index (Phi) is 12.1. The van der Waals surface area contributed by atoms with Crippen LogP contribution in [0.25, 0.3) is 0 Å². The summed E-state index contributed by atoms with van der Waals surface area (Å²) < 4.78 is 9.89. The highest BCUT2D eigenvalue weighted by Crippen LogP contribution is 2.25. The molecular weight excluding hydrogens is 474 g/mol. The summed E-state index contributed by atoms with van der Waals surface area (Å²) in [7, 11) is 1.19. The molecule has 0 bridgehead atoms. The van der Waals surface area contributed by atoms with E-state index in [1.807, 2.05) is 6.26 Å². The molecule has 0 spiro atoms. The van der Waals surface area contributed by atoms with Gasteiger partial charge in [-0.05, 0) is 56.9 Å². The molecule has 0 aliphatic rings. The van der Waals surface area contributed by atoms with Crippen LogP contribution in [0.5, 0.6) is 5.75 Å². The number of hydrogen-bond donors (Lipinski definition) is 3. The monoisotopic (exact) mass is 509 g/mol. The molecular formula is C24H35N3O7S. The summed E-state index contributed by atoms with van der Waals surface area (Å²) in [5.74, 6) is -1.29. The number of rotatable bonds is 12. The Labute approximate surface area is 210 Å². The van der Waals surface area contributed by atoms with Gasteiger partial charge >= 0.3 is 12.1 Å². The highest BCUT2D eigenvalue weighted by atomic mass is 32.2. The smallest absolute Gasteiger partial charge is 0.408 e. The lowest BCUT2D eigenvalue weighted by molar-refractivity contribution is -0.144. The highest BCUT2D eigenvalue weighted by molar-refractivity contribution is 7.98. The average Bonchev–Trinajstić information content (AvgIpc) is 2.79. The van der Waals surface area contributed by atoms with E-state index >= 15 is 0 Å². The van der Waals surface area contributed by atoms with Gasteiger partial charge in [0.25, 0.3) is 0 Å². The lowest BCUT2D eigenvalue weighted by Gasteiger charge is -2.33. The summed E-state index contributed by atoms with van der Waals surface area (Å²) in [4.78, 5) is 52.2. The summed E-state index contributed by atoms with van der Waals surface area (Å²) in [5.41, 5.74) is -0.374. The van der Waals surface area contributed by atoms with Crippen LogP contribution in [0.15, 0.2) is 36.9 Å². The number of methoxy groups -OCH3 is 1. The molecule has 10 nitrogen and oxygen atoms in total. The zero-order valence-corrected chi connectivity index (χ0v) is 21.6. The molecule has 1 aromatic carbocycles. The van der Waals surface area contributed by atoms with E-state index in [9.17, 15) is 24.3 Å². The Bertz CT molecular complexity index is 884. The number of thioether (sulfide) groups is 1. The molecule has 1 rings (SSSR count). The van der Waals surface area contributed by atoms with E-state index in [4.69, 9.17) is 4.74 Å². The first-order valence-corrected chi connectivity index (χ1v) is 12.4. The van der Waals surface area contributed by atoms with Gasteiger partial charge in [0.15, 0.2) is 0 Å². The zero-order valence-electron chi connectivity index (χ0n) is 20.8. The van der Waals surface area contributed by atoms with Crippen molar-refractivity contribution >= 4 is 35.6 Å². The number of alkyl carbamates (subject to hydrolysis) is 1. The zero-order chi connectivity index (χ0) is 26.6. The third-order valence-electron chi connectivity index (χ3n) is 4.61. The Morgan fingerprint density at radius 2 is 1.83 bits per heavy atom. The number of nitrogens with one attached hydrogen (secondary N) is 2. The van der Waals surface area contributed by atoms with Crippen LogP contribution in [0.2, 0.25) is 0 Å². The van der Waals surface area contributed by atoms with Gasteiger partial charge in [0.2, 0.25) is 11.8 Å². The standard InChI is InChI=1S/C24H35N3O7S/c1-7-13-27(22(31)18(12-14-35-6)26-23(32)34-24(2,3)4)20(16-8-10-17(28)11-9-16)21(30)25-15-19(29)33-5/h7-11,18,20,28H,1,12-15H2,2-6H3,(H,25,30)(H,26,32). The van der Waals surface area contributed by atoms with Gasteiger partial charge in [0.05, 0.1) is 7.11 Å². The maximum absolute atomic E-state index is 13.7. The molecule has 0 radical (unpaired) electrons. The SMILES string of the molecule is C=CCN(C(=O)C(CCSC)NC(=O)OC(C)(C)C)C(C(=O)NCC(=O)OC)c1ccc(O)cc1. The maximum Gasteiger partial charge on any atom is 0.408 e. The highest BCUT2D eigenvalue weighted by Gasteiger charge is 2.35. The molecule has 2 atom stereocenters. The fourth-order valence-electron chi connectivity index (χ4n) is 3.06. The van der Waals surface area contributed by atoms with Crippen molar-refractivity contribution in [3.63, 3.8) is 0 Å². The summed E-state index contributed by atoms with van der Waals surface area (Å²) >= 11 is 1.50. The summed E-state index contributed by atoms with van der Waals surface area (Å²) in [6.45, 7) is 8.40. The minimum Gasteiger partial charge on any atom is -0.508 e. The van der Waals surface area contributed by atoms with Crippen molar-refractivity contribution in [2.45, 2.75) is 44.9 Å². The van der Waals surface area contributed by atoms with E-state index in [1.165, 1.54) is 54.1 Å². The van der Waals surface area contributed by atoms with Crippen LogP contribution in [0.4, 0.5) is 4.79 Å². The van der Waals surface area contributed by atoms with Crippen molar-refractivity contribution in [1.82, 2.24) is 15.5 Å². The molecule has 0 heterocycles. The number of phenolic OH excluding ortho intramolecular Hbond substituents is 1. The second-order valence-electron chi connectivity index (χ2n) is 8.55. The van der Waals surface area contributed by atoms with E-state index in [1.54, 1.807) is 20.8 Å². The van der Waals surface area contributed by atoms with Crippen LogP contribution < -0.4 is 10.6 Å². The molecule has 194 valence electrons. The van der Waals surface area contributed by atoms with E-state index in [0.717, 1.165) is 0 Å². The molecule has 0 saturated heterocycles. The van der Waals surface area contributed by atoms with E-state index in [0.29, 0.717) is 17.7 Å². The summed E-state index contributed by atoms with van der Waals surface area (Å²) in [6, 6.07) is 3.61. The van der Waals surface area contributed by atoms with Crippen LogP contribution in [0, 0.1) is 0 Å². The molecule has 1 aromatic rings. The second-order valence-corrected chi connectivity index (χ2v) is 9.53. The van der Waals surface area contributed by atoms with Gasteiger partial charge in [-0.15, -0.1) is 6.58 Å². The van der Waals surface area contributed by atoms with Crippen molar-refractivity contribution in [2.24, 2.45) is 0 Å². The number of amides is 3. The molecule has 0 saturated carbocycles. The van der Waals surface area contributed by atoms with E-state index in [-0.39, 0.29) is 12.3 Å². The number of benzene rings is 1. The fraction of sp³-hybridized carbons (Fsp3) is 0.500. The Morgan fingerprint density at radius 1 is 1.20 bits per heavy atom. The lowest BCUT2D eigenvalue weighted by Crippen LogP contribution is -2.53. The number of aromatic hydroxyl groups is 1. The van der Waals surface area contributed by atoms with Crippen molar-refractivity contribution in [3.05, 3.63) is 42.5 Å². The Balaban J connectivity index is 3.37. The first-order valence-electron chi connectivity index (χ1n) is 11.0. The predicted octanol–water partition coefficient (Wildman–Crippen LogP) is 2.38. The quantitative estimate of drug-likeness (QED) is 0.289. The van der Waals surface area contributed by atoms with Gasteiger partial charge in [0, 0.05) is 6.54 Å². The number of ether oxygens (including phenoxy) is 2. The number of nitrogens with zero attached hydrogens (tertiary/aromatic N) is 1. The van der Waals surface area contributed by atoms with Crippen molar-refractivity contribution < 1.29 is 33.8 Å². The van der Waals surface area contributed by atoms with Gasteiger partial charge in [-0.1, -0.05) is 18.2 Å². The first kappa shape index (κ1) is 29.8. The molecule has 0 fully saturated rings. The van der Waals surface area contributed by atoms with Crippen LogP contribution in [-0.2, 0) is 23.9 Å². The molecule has 3 N–H and O–H groups in total. The Hall–Kier alpha value is -3.21. The molecule has 35 heavy (non-hydrogen) atoms. The number of carbonyl (C=O) groups is 4. The largest absolute Gasteiger partial charge is 0.508 e. The summed E-state index contributed by atoms with van der Waals surface area (Å²) in [5, 5.41) is 14.8. The fourth-order valence-corrected chi connectivity index (χ4v) is 3.53. The third kappa shape index (κ3) is 10.3. The van der Waals surface area contributed by atoms with Gasteiger partial charge in [-0.25, -0.2) is 4.79 Å². The summed E-state index contributed by atoms with van der Waals surface area (Å²) in [6.07, 6.45) is 2.86. The molecule has 3 amide bonds. The Morgan fingerprint density at radius 3 is 2.34 bits per heavy atom. The molecule has 0 aliphatic heterocycles. The van der Waals surface area contributed by atoms with Crippen molar-refractivity contribution in [1.29, 1.82) is 0 Å². The topological polar surface area (TPSA) is 134 Å². The average molecular weight is 510 g/mol. The van der Waals surface area contributed by atoms with Crippen LogP contribution in [0.1, 0.15) is 38.8 Å². The minimum absolute atomic E-state index is 0.0199. The maximum atomic E-state index is 13.7. The lowest BCUT2D eigenvalue weighted by atomic mass is 10.0. The van der Waals surface area contributed by atoms with Gasteiger partial charge in [-0.3, -0.25) is 14.4 Å². The number of carbonyl (C=O) groups excluding carboxylic acids is 4. The van der Waals surface area contributed by atoms with Crippen LogP contribution >= 0.6 is 11.8 Å². The normalized spacial score (nSPS) is 12.6. The van der Waals surface area contributed by atoms with E-state index in [2.05, 4.69) is 21.9 Å². The minimum atomic E-state index is -1.18. The van der Waals surface area contributed by atoms with Gasteiger partial charge in [0.1, 0.15) is 30.0 Å². The molecule has 11 heteroatoms. The third-order valence-corrected chi connectivity index (χ3v) is 5.26. The molecule has 0 aromatic heterocycles. The first-order chi connectivity index (χ1) is 16.4.